The SMILES string of the molecule is CC(C)(C)C1CCC2(CC1)N=C(c1ccc(F)c(Cl)c1)C(=O)N2C(c1ccc(C(=O)NCc2nn[nH]n2)cc1)C1CC1. The second-order valence-electron chi connectivity index (χ2n) is 12.8. The molecule has 2 amide bonds. The van der Waals surface area contributed by atoms with Crippen LogP contribution in [0, 0.1) is 23.1 Å². The molecule has 2 heterocycles. The van der Waals surface area contributed by atoms with E-state index in [0.29, 0.717) is 34.5 Å². The molecule has 9 nitrogen and oxygen atoms in total. The normalized spacial score (nSPS) is 23.3. The molecule has 42 heavy (non-hydrogen) atoms. The van der Waals surface area contributed by atoms with Crippen molar-refractivity contribution in [2.24, 2.45) is 22.2 Å². The van der Waals surface area contributed by atoms with E-state index >= 15 is 0 Å². The van der Waals surface area contributed by atoms with Gasteiger partial charge in [0.1, 0.15) is 17.2 Å². The quantitative estimate of drug-likeness (QED) is 0.369. The smallest absolute Gasteiger partial charge is 0.275 e. The van der Waals surface area contributed by atoms with E-state index < -0.39 is 11.5 Å². The van der Waals surface area contributed by atoms with Gasteiger partial charge in [-0.15, -0.1) is 10.2 Å². The number of nitrogens with one attached hydrogen (secondary N) is 2. The molecule has 2 aromatic carbocycles. The number of aromatic amines is 1. The third kappa shape index (κ3) is 5.44. The van der Waals surface area contributed by atoms with Crippen LogP contribution in [0.25, 0.3) is 0 Å². The molecule has 1 atom stereocenters. The molecule has 0 radical (unpaired) electrons. The number of amides is 2. The van der Waals surface area contributed by atoms with Crippen LogP contribution < -0.4 is 5.32 Å². The third-order valence-electron chi connectivity index (χ3n) is 9.05. The van der Waals surface area contributed by atoms with Crippen molar-refractivity contribution < 1.29 is 14.0 Å². The van der Waals surface area contributed by atoms with E-state index in [-0.39, 0.29) is 34.8 Å². The van der Waals surface area contributed by atoms with Crippen molar-refractivity contribution in [3.63, 3.8) is 0 Å². The van der Waals surface area contributed by atoms with Crippen molar-refractivity contribution >= 4 is 29.1 Å². The first-order valence-electron chi connectivity index (χ1n) is 14.6. The lowest BCUT2D eigenvalue weighted by molar-refractivity contribution is -0.134. The van der Waals surface area contributed by atoms with Crippen molar-refractivity contribution in [2.75, 3.05) is 0 Å². The minimum absolute atomic E-state index is 0.0288. The fraction of sp³-hybridized carbons (Fsp3) is 0.484. The van der Waals surface area contributed by atoms with Gasteiger partial charge in [-0.3, -0.25) is 14.6 Å². The maximum absolute atomic E-state index is 14.3. The molecule has 0 saturated heterocycles. The molecule has 1 aliphatic heterocycles. The Labute approximate surface area is 249 Å². The zero-order valence-electron chi connectivity index (χ0n) is 24.0. The summed E-state index contributed by atoms with van der Waals surface area (Å²) in [5, 5.41) is 16.4. The summed E-state index contributed by atoms with van der Waals surface area (Å²) in [7, 11) is 0. The Morgan fingerprint density at radius 1 is 1.14 bits per heavy atom. The summed E-state index contributed by atoms with van der Waals surface area (Å²) in [6.45, 7) is 6.98. The number of hydrogen-bond acceptors (Lipinski definition) is 6. The average Bonchev–Trinajstić information content (AvgIpc) is 3.60. The van der Waals surface area contributed by atoms with Crippen molar-refractivity contribution in [2.45, 2.75) is 77.5 Å². The second kappa shape index (κ2) is 10.9. The molecule has 6 rings (SSSR count). The van der Waals surface area contributed by atoms with E-state index in [2.05, 4.69) is 46.7 Å². The Balaban J connectivity index is 1.32. The molecular weight excluding hydrogens is 557 g/mol. The van der Waals surface area contributed by atoms with Crippen LogP contribution in [-0.2, 0) is 11.3 Å². The Morgan fingerprint density at radius 3 is 2.45 bits per heavy atom. The average molecular weight is 592 g/mol. The van der Waals surface area contributed by atoms with Crippen LogP contribution in [0.1, 0.15) is 92.6 Å². The summed E-state index contributed by atoms with van der Waals surface area (Å²) in [4.78, 5) is 34.3. The minimum atomic E-state index is -0.678. The Bertz CT molecular complexity index is 1500. The van der Waals surface area contributed by atoms with Gasteiger partial charge >= 0.3 is 0 Å². The van der Waals surface area contributed by atoms with Crippen LogP contribution in [0.2, 0.25) is 5.02 Å². The maximum atomic E-state index is 14.3. The third-order valence-corrected chi connectivity index (χ3v) is 9.34. The topological polar surface area (TPSA) is 116 Å². The molecule has 0 bridgehead atoms. The predicted octanol–water partition coefficient (Wildman–Crippen LogP) is 5.64. The van der Waals surface area contributed by atoms with E-state index in [1.807, 2.05) is 17.0 Å². The molecule has 220 valence electrons. The number of tetrazole rings is 1. The lowest BCUT2D eigenvalue weighted by Crippen LogP contribution is -2.52. The van der Waals surface area contributed by atoms with Crippen LogP contribution >= 0.6 is 11.6 Å². The highest BCUT2D eigenvalue weighted by atomic mass is 35.5. The van der Waals surface area contributed by atoms with E-state index in [1.165, 1.54) is 12.1 Å². The number of carbonyl (C=O) groups excluding carboxylic acids is 2. The maximum Gasteiger partial charge on any atom is 0.275 e. The molecular formula is C31H35ClFN7O2. The summed E-state index contributed by atoms with van der Waals surface area (Å²) in [6.07, 6.45) is 5.48. The van der Waals surface area contributed by atoms with Gasteiger partial charge in [-0.05, 0) is 91.7 Å². The number of hydrogen-bond donors (Lipinski definition) is 2. The Morgan fingerprint density at radius 2 is 1.86 bits per heavy atom. The lowest BCUT2D eigenvalue weighted by Gasteiger charge is -2.47. The van der Waals surface area contributed by atoms with Crippen molar-refractivity contribution in [1.29, 1.82) is 0 Å². The summed E-state index contributed by atoms with van der Waals surface area (Å²) in [5.74, 6) is 0.305. The first-order valence-corrected chi connectivity index (χ1v) is 14.9. The molecule has 1 aromatic heterocycles. The van der Waals surface area contributed by atoms with E-state index in [0.717, 1.165) is 44.1 Å². The first-order chi connectivity index (χ1) is 20.1. The van der Waals surface area contributed by atoms with Crippen LogP contribution in [0.15, 0.2) is 47.5 Å². The summed E-state index contributed by atoms with van der Waals surface area (Å²) in [6, 6.07) is 11.7. The molecule has 3 aliphatic rings. The van der Waals surface area contributed by atoms with Gasteiger partial charge in [0, 0.05) is 11.1 Å². The van der Waals surface area contributed by atoms with Crippen molar-refractivity contribution in [1.82, 2.24) is 30.8 Å². The van der Waals surface area contributed by atoms with Gasteiger partial charge in [0.2, 0.25) is 0 Å². The Hall–Kier alpha value is -3.66. The van der Waals surface area contributed by atoms with Gasteiger partial charge in [-0.25, -0.2) is 4.39 Å². The molecule has 2 N–H and O–H groups in total. The standard InChI is InChI=1S/C31H35ClFN7O2/c1-30(2,3)22-12-14-31(15-13-22)35-26(21-10-11-24(33)23(32)16-21)29(42)40(31)27(18-4-5-18)19-6-8-20(9-7-19)28(41)34-17-25-36-38-39-37-25/h6-11,16,18,22,27H,4-5,12-15,17H2,1-3H3,(H,34,41)(H,36,37,38,39). The summed E-state index contributed by atoms with van der Waals surface area (Å²) in [5.41, 5.74) is 1.85. The summed E-state index contributed by atoms with van der Waals surface area (Å²) >= 11 is 6.13. The van der Waals surface area contributed by atoms with Crippen LogP contribution in [0.3, 0.4) is 0 Å². The van der Waals surface area contributed by atoms with Crippen LogP contribution in [0.5, 0.6) is 0 Å². The zero-order chi connectivity index (χ0) is 29.6. The predicted molar refractivity (Wildman–Crippen MR) is 156 cm³/mol. The number of benzene rings is 2. The largest absolute Gasteiger partial charge is 0.345 e. The van der Waals surface area contributed by atoms with Crippen molar-refractivity contribution in [3.8, 4) is 0 Å². The van der Waals surface area contributed by atoms with E-state index in [4.69, 9.17) is 16.6 Å². The molecule has 1 spiro atoms. The molecule has 2 fully saturated rings. The highest BCUT2D eigenvalue weighted by Crippen LogP contribution is 2.54. The molecule has 11 heteroatoms. The number of nitrogens with zero attached hydrogens (tertiary/aromatic N) is 5. The number of H-pyrrole nitrogens is 1. The molecule has 1 unspecified atom stereocenters. The highest BCUT2D eigenvalue weighted by molar-refractivity contribution is 6.47. The number of aromatic nitrogens is 4. The fourth-order valence-corrected chi connectivity index (χ4v) is 6.70. The summed E-state index contributed by atoms with van der Waals surface area (Å²) < 4.78 is 14.0. The van der Waals surface area contributed by atoms with Gasteiger partial charge in [0.25, 0.3) is 11.8 Å². The molecule has 2 aliphatic carbocycles. The van der Waals surface area contributed by atoms with Crippen LogP contribution in [0.4, 0.5) is 4.39 Å². The molecule has 2 saturated carbocycles. The zero-order valence-corrected chi connectivity index (χ0v) is 24.8. The number of aliphatic imine (C=N–C) groups is 1. The van der Waals surface area contributed by atoms with Gasteiger partial charge in [-0.1, -0.05) is 49.7 Å². The van der Waals surface area contributed by atoms with Gasteiger partial charge < -0.3 is 10.2 Å². The van der Waals surface area contributed by atoms with Gasteiger partial charge in [-0.2, -0.15) is 5.21 Å². The van der Waals surface area contributed by atoms with Crippen molar-refractivity contribution in [3.05, 3.63) is 75.8 Å². The van der Waals surface area contributed by atoms with E-state index in [1.54, 1.807) is 18.2 Å². The van der Waals surface area contributed by atoms with E-state index in [9.17, 15) is 14.0 Å². The number of halogens is 2. The lowest BCUT2D eigenvalue weighted by atomic mass is 9.69. The van der Waals surface area contributed by atoms with Gasteiger partial charge in [0.05, 0.1) is 17.6 Å². The number of rotatable bonds is 7. The number of carbonyl (C=O) groups is 2. The molecule has 3 aromatic rings. The highest BCUT2D eigenvalue weighted by Gasteiger charge is 2.55. The second-order valence-corrected chi connectivity index (χ2v) is 13.2. The Kier molecular flexibility index (Phi) is 7.37. The van der Waals surface area contributed by atoms with Gasteiger partial charge in [0.15, 0.2) is 5.82 Å². The minimum Gasteiger partial charge on any atom is -0.345 e. The fourth-order valence-electron chi connectivity index (χ4n) is 6.52. The van der Waals surface area contributed by atoms with Crippen LogP contribution in [-0.4, -0.2) is 48.7 Å². The first kappa shape index (κ1) is 28.5. The monoisotopic (exact) mass is 591 g/mol.